The fourth-order valence-electron chi connectivity index (χ4n) is 1.75. The lowest BCUT2D eigenvalue weighted by molar-refractivity contribution is 0.175. The minimum absolute atomic E-state index is 0.172. The van der Waals surface area contributed by atoms with Gasteiger partial charge in [-0.05, 0) is 29.8 Å². The number of hydrogen-bond donors (Lipinski definition) is 3. The molecule has 0 bridgehead atoms. The van der Waals surface area contributed by atoms with Crippen LogP contribution in [0.3, 0.4) is 0 Å². The van der Waals surface area contributed by atoms with Crippen LogP contribution in [0, 0.1) is 17.5 Å². The highest BCUT2D eigenvalue weighted by Gasteiger charge is 2.11. The number of rotatable bonds is 4. The van der Waals surface area contributed by atoms with E-state index in [9.17, 15) is 23.1 Å². The number of aliphatic hydroxyl groups excluding tert-OH is 1. The highest BCUT2D eigenvalue weighted by atomic mass is 19.1. The van der Waals surface area contributed by atoms with E-state index in [0.29, 0.717) is 5.56 Å². The molecule has 2 aromatic carbocycles. The molecular weight excluding hydrogens is 297 g/mol. The average molecular weight is 310 g/mol. The Kier molecular flexibility index (Phi) is 5.00. The second kappa shape index (κ2) is 6.95. The van der Waals surface area contributed by atoms with E-state index in [1.807, 2.05) is 0 Å². The lowest BCUT2D eigenvalue weighted by Gasteiger charge is -2.13. The maximum absolute atomic E-state index is 13.3. The van der Waals surface area contributed by atoms with Crippen LogP contribution < -0.4 is 10.6 Å². The van der Waals surface area contributed by atoms with Crippen molar-refractivity contribution < 1.29 is 23.1 Å². The Bertz CT molecular complexity index is 662. The first-order valence-electron chi connectivity index (χ1n) is 6.39. The van der Waals surface area contributed by atoms with Gasteiger partial charge in [-0.25, -0.2) is 18.0 Å². The third-order valence-electron chi connectivity index (χ3n) is 2.89. The Labute approximate surface area is 124 Å². The summed E-state index contributed by atoms with van der Waals surface area (Å²) in [6.07, 6.45) is -1.05. The third-order valence-corrected chi connectivity index (χ3v) is 2.89. The monoisotopic (exact) mass is 310 g/mol. The molecule has 0 aliphatic carbocycles. The average Bonchev–Trinajstić information content (AvgIpc) is 2.49. The van der Waals surface area contributed by atoms with Crippen molar-refractivity contribution in [2.45, 2.75) is 6.10 Å². The maximum Gasteiger partial charge on any atom is 0.319 e. The van der Waals surface area contributed by atoms with E-state index in [2.05, 4.69) is 10.6 Å². The van der Waals surface area contributed by atoms with Crippen molar-refractivity contribution in [1.82, 2.24) is 5.32 Å². The summed E-state index contributed by atoms with van der Waals surface area (Å²) in [5.41, 5.74) is 0.104. The van der Waals surface area contributed by atoms with E-state index >= 15 is 0 Å². The van der Waals surface area contributed by atoms with Crippen LogP contribution in [0.1, 0.15) is 11.7 Å². The molecule has 0 fully saturated rings. The molecule has 0 spiro atoms. The van der Waals surface area contributed by atoms with Crippen LogP contribution in [0.15, 0.2) is 42.5 Å². The third kappa shape index (κ3) is 4.23. The molecule has 0 unspecified atom stereocenters. The van der Waals surface area contributed by atoms with E-state index in [0.717, 1.165) is 18.2 Å². The zero-order valence-electron chi connectivity index (χ0n) is 11.3. The van der Waals surface area contributed by atoms with Crippen LogP contribution in [0.25, 0.3) is 0 Å². The predicted octanol–water partition coefficient (Wildman–Crippen LogP) is 2.96. The van der Waals surface area contributed by atoms with Gasteiger partial charge in [0.05, 0.1) is 11.8 Å². The highest BCUT2D eigenvalue weighted by molar-refractivity contribution is 5.89. The summed E-state index contributed by atoms with van der Waals surface area (Å²) in [5.74, 6) is -1.91. The SMILES string of the molecule is O=C(NC[C@@H](O)c1ccc(F)cc1)Nc1cc(F)ccc1F. The molecule has 116 valence electrons. The molecule has 0 saturated heterocycles. The van der Waals surface area contributed by atoms with Crippen LogP contribution in [-0.2, 0) is 0 Å². The van der Waals surface area contributed by atoms with Gasteiger partial charge in [0.2, 0.25) is 0 Å². The number of carbonyl (C=O) groups is 1. The zero-order valence-corrected chi connectivity index (χ0v) is 11.3. The summed E-state index contributed by atoms with van der Waals surface area (Å²) in [4.78, 5) is 11.6. The normalized spacial score (nSPS) is 11.8. The Balaban J connectivity index is 1.89. The minimum Gasteiger partial charge on any atom is -0.387 e. The molecule has 2 amide bonds. The van der Waals surface area contributed by atoms with Crippen LogP contribution in [0.2, 0.25) is 0 Å². The molecule has 2 aromatic rings. The minimum atomic E-state index is -1.05. The molecule has 0 radical (unpaired) electrons. The zero-order chi connectivity index (χ0) is 16.1. The van der Waals surface area contributed by atoms with Crippen LogP contribution in [-0.4, -0.2) is 17.7 Å². The number of halogens is 3. The van der Waals surface area contributed by atoms with Gasteiger partial charge in [0, 0.05) is 12.6 Å². The molecular formula is C15H13F3N2O2. The van der Waals surface area contributed by atoms with Crippen molar-refractivity contribution in [1.29, 1.82) is 0 Å². The van der Waals surface area contributed by atoms with Crippen LogP contribution in [0.4, 0.5) is 23.7 Å². The highest BCUT2D eigenvalue weighted by Crippen LogP contribution is 2.15. The number of amides is 2. The summed E-state index contributed by atoms with van der Waals surface area (Å²) in [6, 6.07) is 6.98. The van der Waals surface area contributed by atoms with Crippen molar-refractivity contribution in [2.75, 3.05) is 11.9 Å². The van der Waals surface area contributed by atoms with E-state index in [-0.39, 0.29) is 12.2 Å². The molecule has 0 saturated carbocycles. The van der Waals surface area contributed by atoms with Crippen LogP contribution >= 0.6 is 0 Å². The van der Waals surface area contributed by atoms with Crippen molar-refractivity contribution in [3.8, 4) is 0 Å². The molecule has 7 heteroatoms. The van der Waals surface area contributed by atoms with Crippen LogP contribution in [0.5, 0.6) is 0 Å². The Morgan fingerprint density at radius 2 is 1.68 bits per heavy atom. The molecule has 0 aliphatic rings. The summed E-state index contributed by atoms with van der Waals surface area (Å²) < 4.78 is 39.0. The van der Waals surface area contributed by atoms with Gasteiger partial charge in [0.15, 0.2) is 0 Å². The predicted molar refractivity (Wildman–Crippen MR) is 74.7 cm³/mol. The molecule has 3 N–H and O–H groups in total. The summed E-state index contributed by atoms with van der Waals surface area (Å²) >= 11 is 0. The van der Waals surface area contributed by atoms with Crippen molar-refractivity contribution in [3.63, 3.8) is 0 Å². The number of aliphatic hydroxyl groups is 1. The fraction of sp³-hybridized carbons (Fsp3) is 0.133. The fourth-order valence-corrected chi connectivity index (χ4v) is 1.75. The second-order valence-electron chi connectivity index (χ2n) is 4.53. The number of anilines is 1. The summed E-state index contributed by atoms with van der Waals surface area (Å²) in [7, 11) is 0. The molecule has 4 nitrogen and oxygen atoms in total. The largest absolute Gasteiger partial charge is 0.387 e. The number of hydrogen-bond acceptors (Lipinski definition) is 2. The topological polar surface area (TPSA) is 61.4 Å². The summed E-state index contributed by atoms with van der Waals surface area (Å²) in [5, 5.41) is 14.3. The van der Waals surface area contributed by atoms with Gasteiger partial charge in [0.1, 0.15) is 17.5 Å². The maximum atomic E-state index is 13.3. The summed E-state index contributed by atoms with van der Waals surface area (Å²) in [6.45, 7) is -0.172. The van der Waals surface area contributed by atoms with Gasteiger partial charge in [0.25, 0.3) is 0 Å². The van der Waals surface area contributed by atoms with Crippen molar-refractivity contribution >= 4 is 11.7 Å². The number of benzene rings is 2. The van der Waals surface area contributed by atoms with E-state index in [4.69, 9.17) is 0 Å². The quantitative estimate of drug-likeness (QED) is 0.813. The molecule has 0 aromatic heterocycles. The van der Waals surface area contributed by atoms with Gasteiger partial charge in [-0.3, -0.25) is 0 Å². The lowest BCUT2D eigenvalue weighted by Crippen LogP contribution is -2.32. The molecule has 1 atom stereocenters. The van der Waals surface area contributed by atoms with E-state index in [1.165, 1.54) is 24.3 Å². The van der Waals surface area contributed by atoms with E-state index < -0.39 is 29.6 Å². The molecule has 0 aliphatic heterocycles. The van der Waals surface area contributed by atoms with E-state index in [1.54, 1.807) is 0 Å². The molecule has 0 heterocycles. The Morgan fingerprint density at radius 3 is 2.36 bits per heavy atom. The first kappa shape index (κ1) is 15.8. The van der Waals surface area contributed by atoms with Gasteiger partial charge in [-0.2, -0.15) is 0 Å². The number of carbonyl (C=O) groups excluding carboxylic acids is 1. The molecule has 22 heavy (non-hydrogen) atoms. The van der Waals surface area contributed by atoms with Crippen molar-refractivity contribution in [2.24, 2.45) is 0 Å². The first-order chi connectivity index (χ1) is 10.5. The molecule has 2 rings (SSSR count). The van der Waals surface area contributed by atoms with Gasteiger partial charge in [-0.1, -0.05) is 12.1 Å². The standard InChI is InChI=1S/C15H13F3N2O2/c16-10-3-1-9(2-4-10)14(21)8-19-15(22)20-13-7-11(17)5-6-12(13)18/h1-7,14,21H,8H2,(H2,19,20,22)/t14-/m1/s1. The second-order valence-corrected chi connectivity index (χ2v) is 4.53. The Morgan fingerprint density at radius 1 is 1.05 bits per heavy atom. The lowest BCUT2D eigenvalue weighted by atomic mass is 10.1. The Hall–Kier alpha value is -2.54. The smallest absolute Gasteiger partial charge is 0.319 e. The van der Waals surface area contributed by atoms with Gasteiger partial charge >= 0.3 is 6.03 Å². The van der Waals surface area contributed by atoms with Crippen molar-refractivity contribution in [3.05, 3.63) is 65.5 Å². The first-order valence-corrected chi connectivity index (χ1v) is 6.39. The van der Waals surface area contributed by atoms with Gasteiger partial charge in [-0.15, -0.1) is 0 Å². The van der Waals surface area contributed by atoms with Gasteiger partial charge < -0.3 is 15.7 Å². The number of nitrogens with one attached hydrogen (secondary N) is 2. The number of urea groups is 1.